The number of carbonyl (C=O) groups excluding carboxylic acids is 2. The first-order valence-electron chi connectivity index (χ1n) is 10.5. The van der Waals surface area contributed by atoms with E-state index < -0.39 is 24.0 Å². The fraction of sp³-hybridized carbons (Fsp3) is 0.375. The van der Waals surface area contributed by atoms with E-state index in [9.17, 15) is 19.5 Å². The van der Waals surface area contributed by atoms with Crippen LogP contribution < -0.4 is 10.6 Å². The molecule has 7 nitrogen and oxygen atoms in total. The third kappa shape index (κ3) is 5.23. The molecule has 0 radical (unpaired) electrons. The Hall–Kier alpha value is -3.35. The number of carboxylic acid groups (broad SMARTS) is 1. The Balaban J connectivity index is 1.48. The Bertz CT molecular complexity index is 913. The van der Waals surface area contributed by atoms with Crippen LogP contribution in [0.15, 0.2) is 48.5 Å². The molecule has 0 heterocycles. The molecule has 0 aliphatic heterocycles. The maximum absolute atomic E-state index is 12.1. The van der Waals surface area contributed by atoms with Gasteiger partial charge in [-0.15, -0.1) is 0 Å². The Morgan fingerprint density at radius 3 is 2.16 bits per heavy atom. The second-order valence-corrected chi connectivity index (χ2v) is 7.77. The van der Waals surface area contributed by atoms with Crippen molar-refractivity contribution in [1.29, 1.82) is 0 Å². The number of aliphatic carboxylic acids is 1. The van der Waals surface area contributed by atoms with Crippen LogP contribution in [0.1, 0.15) is 43.7 Å². The van der Waals surface area contributed by atoms with Gasteiger partial charge < -0.3 is 20.5 Å². The van der Waals surface area contributed by atoms with Crippen LogP contribution in [0.25, 0.3) is 11.1 Å². The molecule has 0 saturated heterocycles. The molecule has 0 saturated carbocycles. The third-order valence-electron chi connectivity index (χ3n) is 5.76. The molecule has 164 valence electrons. The van der Waals surface area contributed by atoms with Gasteiger partial charge in [0.25, 0.3) is 0 Å². The molecule has 2 unspecified atom stereocenters. The maximum Gasteiger partial charge on any atom is 0.407 e. The first-order chi connectivity index (χ1) is 14.9. The summed E-state index contributed by atoms with van der Waals surface area (Å²) >= 11 is 0. The number of hydrogen-bond donors (Lipinski definition) is 3. The van der Waals surface area contributed by atoms with Crippen molar-refractivity contribution in [2.75, 3.05) is 13.2 Å². The molecule has 0 spiro atoms. The molecule has 0 fully saturated rings. The van der Waals surface area contributed by atoms with E-state index >= 15 is 0 Å². The van der Waals surface area contributed by atoms with Crippen molar-refractivity contribution in [3.05, 3.63) is 59.7 Å². The summed E-state index contributed by atoms with van der Waals surface area (Å²) in [6, 6.07) is 15.2. The summed E-state index contributed by atoms with van der Waals surface area (Å²) in [6.45, 7) is 3.90. The zero-order valence-corrected chi connectivity index (χ0v) is 17.8. The number of hydrogen-bond acceptors (Lipinski definition) is 4. The summed E-state index contributed by atoms with van der Waals surface area (Å²) in [5, 5.41) is 14.3. The van der Waals surface area contributed by atoms with E-state index in [0.717, 1.165) is 22.3 Å². The monoisotopic (exact) mass is 424 g/mol. The van der Waals surface area contributed by atoms with E-state index in [4.69, 9.17) is 4.74 Å². The number of carbonyl (C=O) groups is 3. The SMILES string of the molecule is CCC(C)C(NC(=O)CCNC(=O)OCC1c2ccccc2-c2ccccc21)C(=O)O. The summed E-state index contributed by atoms with van der Waals surface area (Å²) in [6.07, 6.45) is 0.00556. The maximum atomic E-state index is 12.1. The molecular formula is C24H28N2O5. The second kappa shape index (κ2) is 10.1. The Kier molecular flexibility index (Phi) is 7.28. The fourth-order valence-corrected chi connectivity index (χ4v) is 3.86. The molecule has 1 aliphatic rings. The number of nitrogens with one attached hydrogen (secondary N) is 2. The molecule has 3 N–H and O–H groups in total. The van der Waals surface area contributed by atoms with Crippen LogP contribution in [0, 0.1) is 5.92 Å². The van der Waals surface area contributed by atoms with E-state index in [2.05, 4.69) is 22.8 Å². The van der Waals surface area contributed by atoms with Crippen molar-refractivity contribution in [3.8, 4) is 11.1 Å². The van der Waals surface area contributed by atoms with Gasteiger partial charge in [0, 0.05) is 18.9 Å². The third-order valence-corrected chi connectivity index (χ3v) is 5.76. The number of amides is 2. The molecule has 2 amide bonds. The average molecular weight is 424 g/mol. The Morgan fingerprint density at radius 2 is 1.61 bits per heavy atom. The van der Waals surface area contributed by atoms with Gasteiger partial charge >= 0.3 is 12.1 Å². The van der Waals surface area contributed by atoms with Gasteiger partial charge in [0.2, 0.25) is 5.91 Å². The minimum atomic E-state index is -1.06. The van der Waals surface area contributed by atoms with E-state index in [1.54, 1.807) is 6.92 Å². The van der Waals surface area contributed by atoms with Gasteiger partial charge in [-0.1, -0.05) is 68.8 Å². The lowest BCUT2D eigenvalue weighted by molar-refractivity contribution is -0.143. The predicted octanol–water partition coefficient (Wildman–Crippen LogP) is 3.53. The Morgan fingerprint density at radius 1 is 1.03 bits per heavy atom. The van der Waals surface area contributed by atoms with Gasteiger partial charge in [-0.3, -0.25) is 4.79 Å². The lowest BCUT2D eigenvalue weighted by Gasteiger charge is -2.20. The smallest absolute Gasteiger partial charge is 0.407 e. The average Bonchev–Trinajstić information content (AvgIpc) is 3.09. The zero-order chi connectivity index (χ0) is 22.4. The number of ether oxygens (including phenoxy) is 1. The summed E-state index contributed by atoms with van der Waals surface area (Å²) in [4.78, 5) is 35.5. The van der Waals surface area contributed by atoms with Gasteiger partial charge in [0.15, 0.2) is 0 Å². The summed E-state index contributed by atoms with van der Waals surface area (Å²) < 4.78 is 5.42. The second-order valence-electron chi connectivity index (χ2n) is 7.77. The van der Waals surface area contributed by atoms with Crippen molar-refractivity contribution in [2.45, 2.75) is 38.6 Å². The van der Waals surface area contributed by atoms with E-state index in [1.165, 1.54) is 0 Å². The van der Waals surface area contributed by atoms with E-state index in [0.29, 0.717) is 6.42 Å². The van der Waals surface area contributed by atoms with Crippen molar-refractivity contribution >= 4 is 18.0 Å². The van der Waals surface area contributed by atoms with Crippen LogP contribution >= 0.6 is 0 Å². The highest BCUT2D eigenvalue weighted by molar-refractivity contribution is 5.84. The molecule has 0 bridgehead atoms. The topological polar surface area (TPSA) is 105 Å². The molecule has 31 heavy (non-hydrogen) atoms. The molecule has 7 heteroatoms. The summed E-state index contributed by atoms with van der Waals surface area (Å²) in [5.41, 5.74) is 4.55. The lowest BCUT2D eigenvalue weighted by atomic mass is 9.98. The molecule has 0 aromatic heterocycles. The largest absolute Gasteiger partial charge is 0.480 e. The summed E-state index contributed by atoms with van der Waals surface area (Å²) in [7, 11) is 0. The first-order valence-corrected chi connectivity index (χ1v) is 10.5. The fourth-order valence-electron chi connectivity index (χ4n) is 3.86. The predicted molar refractivity (Wildman–Crippen MR) is 117 cm³/mol. The van der Waals surface area contributed by atoms with Gasteiger partial charge in [-0.05, 0) is 28.2 Å². The quantitative estimate of drug-likeness (QED) is 0.571. The molecule has 2 atom stereocenters. The molecule has 2 aromatic rings. The van der Waals surface area contributed by atoms with Gasteiger partial charge in [-0.25, -0.2) is 9.59 Å². The van der Waals surface area contributed by atoms with Crippen molar-refractivity contribution < 1.29 is 24.2 Å². The minimum absolute atomic E-state index is 0.0234. The molecule has 2 aromatic carbocycles. The minimum Gasteiger partial charge on any atom is -0.480 e. The van der Waals surface area contributed by atoms with Gasteiger partial charge in [-0.2, -0.15) is 0 Å². The van der Waals surface area contributed by atoms with Crippen LogP contribution in [-0.4, -0.2) is 42.3 Å². The number of alkyl carbamates (subject to hydrolysis) is 1. The number of carboxylic acids is 1. The first kappa shape index (κ1) is 22.3. The van der Waals surface area contributed by atoms with Crippen LogP contribution in [0.3, 0.4) is 0 Å². The highest BCUT2D eigenvalue weighted by atomic mass is 16.5. The van der Waals surface area contributed by atoms with Crippen LogP contribution in [0.2, 0.25) is 0 Å². The van der Waals surface area contributed by atoms with Crippen LogP contribution in [0.4, 0.5) is 4.79 Å². The number of benzene rings is 2. The Labute approximate surface area is 181 Å². The standard InChI is InChI=1S/C24H28N2O5/c1-3-15(2)22(23(28)29)26-21(27)12-13-25-24(30)31-14-20-18-10-6-4-8-16(18)17-9-5-7-11-19(17)20/h4-11,15,20,22H,3,12-14H2,1-2H3,(H,25,30)(H,26,27)(H,28,29). The van der Waals surface area contributed by atoms with E-state index in [1.807, 2.05) is 43.3 Å². The summed E-state index contributed by atoms with van der Waals surface area (Å²) in [5.74, 6) is -1.70. The van der Waals surface area contributed by atoms with Crippen LogP contribution in [-0.2, 0) is 14.3 Å². The van der Waals surface area contributed by atoms with Crippen LogP contribution in [0.5, 0.6) is 0 Å². The van der Waals surface area contributed by atoms with Gasteiger partial charge in [0.05, 0.1) is 0 Å². The van der Waals surface area contributed by atoms with Crippen molar-refractivity contribution in [2.24, 2.45) is 5.92 Å². The van der Waals surface area contributed by atoms with Crippen molar-refractivity contribution in [3.63, 3.8) is 0 Å². The normalized spacial score (nSPS) is 14.1. The molecular weight excluding hydrogens is 396 g/mol. The number of rotatable bonds is 9. The molecule has 1 aliphatic carbocycles. The van der Waals surface area contributed by atoms with Gasteiger partial charge in [0.1, 0.15) is 12.6 Å². The lowest BCUT2D eigenvalue weighted by Crippen LogP contribution is -2.45. The molecule has 3 rings (SSSR count). The van der Waals surface area contributed by atoms with E-state index in [-0.39, 0.29) is 31.4 Å². The highest BCUT2D eigenvalue weighted by Crippen LogP contribution is 2.44. The number of fused-ring (bicyclic) bond motifs is 3. The zero-order valence-electron chi connectivity index (χ0n) is 17.8. The van der Waals surface area contributed by atoms with Crippen molar-refractivity contribution in [1.82, 2.24) is 10.6 Å². The highest BCUT2D eigenvalue weighted by Gasteiger charge is 2.29.